The Morgan fingerprint density at radius 1 is 1.30 bits per heavy atom. The van der Waals surface area contributed by atoms with Crippen molar-refractivity contribution in [3.63, 3.8) is 0 Å². The quantitative estimate of drug-likeness (QED) is 0.877. The zero-order valence-electron chi connectivity index (χ0n) is 16.4. The third kappa shape index (κ3) is 3.86. The number of piperidine rings is 3. The molecule has 27 heavy (non-hydrogen) atoms. The summed E-state index contributed by atoms with van der Waals surface area (Å²) in [6, 6.07) is 6.65. The van der Waals surface area contributed by atoms with E-state index in [2.05, 4.69) is 32.2 Å². The topological polar surface area (TPSA) is 65.5 Å². The molecule has 2 amide bonds. The van der Waals surface area contributed by atoms with Crippen LogP contribution in [0.2, 0.25) is 0 Å². The first-order valence-corrected chi connectivity index (χ1v) is 10.2. The van der Waals surface area contributed by atoms with Crippen molar-refractivity contribution in [3.05, 3.63) is 29.6 Å². The van der Waals surface area contributed by atoms with Crippen molar-refractivity contribution in [3.8, 4) is 0 Å². The van der Waals surface area contributed by atoms with Gasteiger partial charge in [-0.15, -0.1) is 0 Å². The van der Waals surface area contributed by atoms with Gasteiger partial charge in [0.05, 0.1) is 11.7 Å². The molecule has 6 nitrogen and oxygen atoms in total. The standard InChI is InChI=1S/C21H30N4O2/c1-14-5-3-6-18(23-14)13-24-11-16-9-17(12-24)20(10-22-15(2)26)25-19(16)7-4-8-21(25)27/h3,5-6,16-17,19-20H,4,7-13H2,1-2H3,(H,22,26)/t16-,17+,19+,20+/m1/s1. The Morgan fingerprint density at radius 2 is 2.11 bits per heavy atom. The molecular formula is C21H30N4O2. The van der Waals surface area contributed by atoms with Gasteiger partial charge in [0, 0.05) is 51.3 Å². The number of fused-ring (bicyclic) bond motifs is 4. The van der Waals surface area contributed by atoms with E-state index in [0.29, 0.717) is 30.8 Å². The number of pyridine rings is 1. The van der Waals surface area contributed by atoms with Crippen LogP contribution >= 0.6 is 0 Å². The maximum atomic E-state index is 12.7. The molecular weight excluding hydrogens is 340 g/mol. The summed E-state index contributed by atoms with van der Waals surface area (Å²) in [5.41, 5.74) is 2.17. The molecule has 1 N–H and O–H groups in total. The number of aromatic nitrogens is 1. The van der Waals surface area contributed by atoms with Crippen molar-refractivity contribution in [1.82, 2.24) is 20.1 Å². The fourth-order valence-corrected chi connectivity index (χ4v) is 5.43. The van der Waals surface area contributed by atoms with Crippen LogP contribution in [-0.2, 0) is 16.1 Å². The van der Waals surface area contributed by atoms with Gasteiger partial charge in [0.15, 0.2) is 0 Å². The van der Waals surface area contributed by atoms with Gasteiger partial charge < -0.3 is 10.2 Å². The Bertz CT molecular complexity index is 722. The second-order valence-corrected chi connectivity index (χ2v) is 8.49. The van der Waals surface area contributed by atoms with Gasteiger partial charge in [-0.25, -0.2) is 0 Å². The van der Waals surface area contributed by atoms with Gasteiger partial charge in [-0.1, -0.05) is 6.07 Å². The van der Waals surface area contributed by atoms with E-state index >= 15 is 0 Å². The zero-order valence-corrected chi connectivity index (χ0v) is 16.4. The van der Waals surface area contributed by atoms with Crippen LogP contribution in [0, 0.1) is 18.8 Å². The van der Waals surface area contributed by atoms with Crippen molar-refractivity contribution >= 4 is 11.8 Å². The SMILES string of the molecule is CC(=O)NC[C@H]1[C@H]2C[C@H](CN(Cc3cccc(C)n3)C2)[C@@H]2CCCC(=O)N21. The molecule has 3 aliphatic heterocycles. The van der Waals surface area contributed by atoms with Crippen molar-refractivity contribution in [2.24, 2.45) is 11.8 Å². The van der Waals surface area contributed by atoms with Crippen LogP contribution in [0.1, 0.15) is 44.0 Å². The number of carbonyl (C=O) groups is 2. The molecule has 0 spiro atoms. The Balaban J connectivity index is 1.54. The second kappa shape index (κ2) is 7.58. The molecule has 4 atom stereocenters. The van der Waals surface area contributed by atoms with E-state index in [4.69, 9.17) is 0 Å². The van der Waals surface area contributed by atoms with Gasteiger partial charge in [0.2, 0.25) is 11.8 Å². The van der Waals surface area contributed by atoms with E-state index in [-0.39, 0.29) is 17.9 Å². The molecule has 4 rings (SSSR count). The molecule has 4 heterocycles. The number of hydrogen-bond donors (Lipinski definition) is 1. The molecule has 0 unspecified atom stereocenters. The van der Waals surface area contributed by atoms with E-state index in [9.17, 15) is 9.59 Å². The molecule has 3 fully saturated rings. The van der Waals surface area contributed by atoms with Crippen LogP contribution < -0.4 is 5.32 Å². The fraction of sp³-hybridized carbons (Fsp3) is 0.667. The van der Waals surface area contributed by atoms with Crippen molar-refractivity contribution < 1.29 is 9.59 Å². The molecule has 1 aromatic heterocycles. The highest BCUT2D eigenvalue weighted by Crippen LogP contribution is 2.41. The average Bonchev–Trinajstić information content (AvgIpc) is 2.62. The predicted molar refractivity (Wildman–Crippen MR) is 103 cm³/mol. The number of aryl methyl sites for hydroxylation is 1. The minimum Gasteiger partial charge on any atom is -0.354 e. The number of amides is 2. The van der Waals surface area contributed by atoms with Crippen LogP contribution in [0.15, 0.2) is 18.2 Å². The van der Waals surface area contributed by atoms with Crippen LogP contribution in [0.25, 0.3) is 0 Å². The highest BCUT2D eigenvalue weighted by Gasteiger charge is 2.49. The fourth-order valence-electron chi connectivity index (χ4n) is 5.43. The van der Waals surface area contributed by atoms with Crippen LogP contribution in [0.4, 0.5) is 0 Å². The number of nitrogens with zero attached hydrogens (tertiary/aromatic N) is 3. The van der Waals surface area contributed by atoms with E-state index in [1.54, 1.807) is 6.92 Å². The summed E-state index contributed by atoms with van der Waals surface area (Å²) in [7, 11) is 0. The number of rotatable bonds is 4. The third-order valence-corrected chi connectivity index (χ3v) is 6.46. The molecule has 0 saturated carbocycles. The molecule has 0 aliphatic carbocycles. The summed E-state index contributed by atoms with van der Waals surface area (Å²) in [5, 5.41) is 2.98. The molecule has 3 saturated heterocycles. The van der Waals surface area contributed by atoms with E-state index in [0.717, 1.165) is 50.3 Å². The predicted octanol–water partition coefficient (Wildman–Crippen LogP) is 1.73. The normalized spacial score (nSPS) is 30.7. The Labute approximate surface area is 161 Å². The van der Waals surface area contributed by atoms with Gasteiger partial charge in [-0.05, 0) is 50.2 Å². The highest BCUT2D eigenvalue weighted by molar-refractivity contribution is 5.78. The first-order valence-electron chi connectivity index (χ1n) is 10.2. The summed E-state index contributed by atoms with van der Waals surface area (Å²) in [6.07, 6.45) is 3.91. The molecule has 0 radical (unpaired) electrons. The highest BCUT2D eigenvalue weighted by atomic mass is 16.2. The van der Waals surface area contributed by atoms with Gasteiger partial charge in [0.25, 0.3) is 0 Å². The van der Waals surface area contributed by atoms with Gasteiger partial charge in [-0.2, -0.15) is 0 Å². The monoisotopic (exact) mass is 370 g/mol. The van der Waals surface area contributed by atoms with Gasteiger partial charge in [0.1, 0.15) is 0 Å². The summed E-state index contributed by atoms with van der Waals surface area (Å²) >= 11 is 0. The van der Waals surface area contributed by atoms with Crippen LogP contribution in [0.3, 0.4) is 0 Å². The van der Waals surface area contributed by atoms with Crippen LogP contribution in [0.5, 0.6) is 0 Å². The number of likely N-dealkylation sites (tertiary alicyclic amines) is 1. The van der Waals surface area contributed by atoms with Crippen LogP contribution in [-0.4, -0.2) is 58.3 Å². The Kier molecular flexibility index (Phi) is 5.17. The Morgan fingerprint density at radius 3 is 2.89 bits per heavy atom. The maximum Gasteiger partial charge on any atom is 0.223 e. The van der Waals surface area contributed by atoms with E-state index in [1.165, 1.54) is 0 Å². The van der Waals surface area contributed by atoms with Crippen molar-refractivity contribution in [2.75, 3.05) is 19.6 Å². The first kappa shape index (κ1) is 18.4. The minimum absolute atomic E-state index is 0.0187. The minimum atomic E-state index is -0.0187. The lowest BCUT2D eigenvalue weighted by molar-refractivity contribution is -0.153. The van der Waals surface area contributed by atoms with Gasteiger partial charge in [-0.3, -0.25) is 19.5 Å². The lowest BCUT2D eigenvalue weighted by atomic mass is 9.72. The molecule has 3 aliphatic rings. The lowest BCUT2D eigenvalue weighted by Gasteiger charge is -2.56. The summed E-state index contributed by atoms with van der Waals surface area (Å²) < 4.78 is 0. The number of hydrogen-bond acceptors (Lipinski definition) is 4. The molecule has 6 heteroatoms. The molecule has 0 aromatic carbocycles. The van der Waals surface area contributed by atoms with E-state index in [1.807, 2.05) is 13.0 Å². The molecule has 1 aromatic rings. The average molecular weight is 370 g/mol. The Hall–Kier alpha value is -1.95. The lowest BCUT2D eigenvalue weighted by Crippen LogP contribution is -2.66. The third-order valence-electron chi connectivity index (χ3n) is 6.46. The number of carbonyl (C=O) groups excluding carboxylic acids is 2. The first-order chi connectivity index (χ1) is 13.0. The van der Waals surface area contributed by atoms with Crippen molar-refractivity contribution in [1.29, 1.82) is 0 Å². The summed E-state index contributed by atoms with van der Waals surface area (Å²) in [6.45, 7) is 7.02. The van der Waals surface area contributed by atoms with Gasteiger partial charge >= 0.3 is 0 Å². The van der Waals surface area contributed by atoms with E-state index < -0.39 is 0 Å². The largest absolute Gasteiger partial charge is 0.354 e. The maximum absolute atomic E-state index is 12.7. The second-order valence-electron chi connectivity index (χ2n) is 8.49. The van der Waals surface area contributed by atoms with Crippen molar-refractivity contribution in [2.45, 2.75) is 58.2 Å². The number of nitrogens with one attached hydrogen (secondary N) is 1. The summed E-state index contributed by atoms with van der Waals surface area (Å²) in [4.78, 5) is 33.6. The smallest absolute Gasteiger partial charge is 0.223 e. The molecule has 2 bridgehead atoms. The molecule has 146 valence electrons. The summed E-state index contributed by atoms with van der Waals surface area (Å²) in [5.74, 6) is 1.21. The zero-order chi connectivity index (χ0) is 19.0.